The molecule has 4 rings (SSSR count). The third-order valence-electron chi connectivity index (χ3n) is 5.29. The van der Waals surface area contributed by atoms with Crippen molar-refractivity contribution in [2.45, 2.75) is 12.1 Å². The molecule has 0 unspecified atom stereocenters. The van der Waals surface area contributed by atoms with Crippen molar-refractivity contribution in [2.75, 3.05) is 22.1 Å². The zero-order chi connectivity index (χ0) is 23.9. The van der Waals surface area contributed by atoms with Gasteiger partial charge in [-0.1, -0.05) is 82.3 Å². The van der Waals surface area contributed by atoms with E-state index in [1.165, 1.54) is 21.6 Å². The molecule has 4 aromatic carbocycles. The molecule has 0 aliphatic carbocycles. The summed E-state index contributed by atoms with van der Waals surface area (Å²) in [5.74, 6) is 0.315. The number of benzene rings is 4. The first kappa shape index (κ1) is 24.1. The van der Waals surface area contributed by atoms with E-state index >= 15 is 0 Å². The van der Waals surface area contributed by atoms with E-state index in [1.807, 2.05) is 84.9 Å². The summed E-state index contributed by atoms with van der Waals surface area (Å²) in [5, 5.41) is 10.1. The summed E-state index contributed by atoms with van der Waals surface area (Å²) in [6.45, 7) is 0. The SMILES string of the molecule is N[C@H](CSSC[C@@H](N)C(=O)Nc1ccc2ccccc2c1)C(=O)Nc1ccc2ccccc2c1. The van der Waals surface area contributed by atoms with Gasteiger partial charge in [0.2, 0.25) is 11.8 Å². The Labute approximate surface area is 206 Å². The Morgan fingerprint density at radius 2 is 1.00 bits per heavy atom. The number of hydrogen-bond donors (Lipinski definition) is 4. The van der Waals surface area contributed by atoms with E-state index < -0.39 is 12.1 Å². The lowest BCUT2D eigenvalue weighted by Crippen LogP contribution is -2.38. The molecule has 6 nitrogen and oxygen atoms in total. The second-order valence-corrected chi connectivity index (χ2v) is 10.4. The fraction of sp³-hybridized carbons (Fsp3) is 0.154. The first-order chi connectivity index (χ1) is 16.5. The third kappa shape index (κ3) is 6.30. The van der Waals surface area contributed by atoms with Crippen LogP contribution in [0, 0.1) is 0 Å². The van der Waals surface area contributed by atoms with Crippen molar-refractivity contribution in [1.29, 1.82) is 0 Å². The van der Waals surface area contributed by atoms with Crippen LogP contribution in [-0.2, 0) is 9.59 Å². The van der Waals surface area contributed by atoms with Gasteiger partial charge in [-0.3, -0.25) is 9.59 Å². The van der Waals surface area contributed by atoms with Crippen LogP contribution in [0.25, 0.3) is 21.5 Å². The van der Waals surface area contributed by atoms with Crippen LogP contribution in [0.1, 0.15) is 0 Å². The first-order valence-corrected chi connectivity index (χ1v) is 13.3. The Bertz CT molecular complexity index is 1210. The number of fused-ring (bicyclic) bond motifs is 2. The van der Waals surface area contributed by atoms with Gasteiger partial charge in [0.15, 0.2) is 0 Å². The Hall–Kier alpha value is -3.04. The smallest absolute Gasteiger partial charge is 0.242 e. The Balaban J connectivity index is 1.19. The van der Waals surface area contributed by atoms with Crippen LogP contribution in [0.3, 0.4) is 0 Å². The Morgan fingerprint density at radius 1 is 0.618 bits per heavy atom. The van der Waals surface area contributed by atoms with Crippen molar-refractivity contribution < 1.29 is 9.59 Å². The molecule has 2 amide bonds. The van der Waals surface area contributed by atoms with E-state index in [-0.39, 0.29) is 11.8 Å². The second kappa shape index (κ2) is 11.4. The molecule has 0 saturated carbocycles. The molecule has 174 valence electrons. The third-order valence-corrected chi connectivity index (χ3v) is 7.76. The summed E-state index contributed by atoms with van der Waals surface area (Å²) >= 11 is 0. The first-order valence-electron chi connectivity index (χ1n) is 10.8. The lowest BCUT2D eigenvalue weighted by molar-refractivity contribution is -0.117. The minimum Gasteiger partial charge on any atom is -0.325 e. The van der Waals surface area contributed by atoms with Gasteiger partial charge in [-0.05, 0) is 45.8 Å². The summed E-state index contributed by atoms with van der Waals surface area (Å²) in [6.07, 6.45) is 0. The summed E-state index contributed by atoms with van der Waals surface area (Å²) in [6, 6.07) is 26.1. The highest BCUT2D eigenvalue weighted by molar-refractivity contribution is 8.76. The lowest BCUT2D eigenvalue weighted by Gasteiger charge is -2.14. The monoisotopic (exact) mass is 490 g/mol. The molecule has 0 aliphatic heterocycles. The van der Waals surface area contributed by atoms with Crippen molar-refractivity contribution >= 4 is 66.3 Å². The van der Waals surface area contributed by atoms with E-state index in [9.17, 15) is 9.59 Å². The fourth-order valence-corrected chi connectivity index (χ4v) is 5.64. The van der Waals surface area contributed by atoms with Crippen molar-refractivity contribution in [3.8, 4) is 0 Å². The molecular weight excluding hydrogens is 464 g/mol. The van der Waals surface area contributed by atoms with Crippen LogP contribution in [0.4, 0.5) is 11.4 Å². The van der Waals surface area contributed by atoms with Gasteiger partial charge >= 0.3 is 0 Å². The highest BCUT2D eigenvalue weighted by atomic mass is 33.1. The van der Waals surface area contributed by atoms with Gasteiger partial charge in [0, 0.05) is 22.9 Å². The fourth-order valence-electron chi connectivity index (χ4n) is 3.40. The van der Waals surface area contributed by atoms with Crippen LogP contribution in [0.15, 0.2) is 84.9 Å². The largest absolute Gasteiger partial charge is 0.325 e. The van der Waals surface area contributed by atoms with Crippen molar-refractivity contribution in [3.05, 3.63) is 84.9 Å². The summed E-state index contributed by atoms with van der Waals surface area (Å²) < 4.78 is 0. The number of amides is 2. The van der Waals surface area contributed by atoms with Crippen LogP contribution in [0.5, 0.6) is 0 Å². The highest BCUT2D eigenvalue weighted by Crippen LogP contribution is 2.24. The zero-order valence-electron chi connectivity index (χ0n) is 18.4. The van der Waals surface area contributed by atoms with E-state index in [0.29, 0.717) is 22.9 Å². The minimum absolute atomic E-state index is 0.248. The van der Waals surface area contributed by atoms with Gasteiger partial charge in [-0.15, -0.1) is 0 Å². The van der Waals surface area contributed by atoms with Crippen molar-refractivity contribution in [3.63, 3.8) is 0 Å². The number of anilines is 2. The van der Waals surface area contributed by atoms with Gasteiger partial charge < -0.3 is 22.1 Å². The maximum atomic E-state index is 12.4. The van der Waals surface area contributed by atoms with Gasteiger partial charge in [0.1, 0.15) is 0 Å². The molecule has 8 heteroatoms. The lowest BCUT2D eigenvalue weighted by atomic mass is 10.1. The molecule has 0 bridgehead atoms. The molecule has 0 radical (unpaired) electrons. The highest BCUT2D eigenvalue weighted by Gasteiger charge is 2.17. The number of nitrogens with two attached hydrogens (primary N) is 2. The van der Waals surface area contributed by atoms with E-state index in [0.717, 1.165) is 21.5 Å². The maximum Gasteiger partial charge on any atom is 0.242 e. The molecule has 0 aromatic heterocycles. The number of nitrogens with one attached hydrogen (secondary N) is 2. The molecule has 6 N–H and O–H groups in total. The average Bonchev–Trinajstić information content (AvgIpc) is 2.86. The van der Waals surface area contributed by atoms with Crippen molar-refractivity contribution in [1.82, 2.24) is 0 Å². The number of carbonyl (C=O) groups excluding carboxylic acids is 2. The van der Waals surface area contributed by atoms with Crippen LogP contribution >= 0.6 is 21.6 Å². The zero-order valence-corrected chi connectivity index (χ0v) is 20.1. The quantitative estimate of drug-likeness (QED) is 0.202. The molecule has 4 aromatic rings. The Morgan fingerprint density at radius 3 is 1.41 bits per heavy atom. The van der Waals surface area contributed by atoms with Crippen molar-refractivity contribution in [2.24, 2.45) is 11.5 Å². The predicted molar refractivity (Wildman–Crippen MR) is 146 cm³/mol. The van der Waals surface area contributed by atoms with E-state index in [1.54, 1.807) is 0 Å². The molecule has 0 spiro atoms. The summed E-state index contributed by atoms with van der Waals surface area (Å²) in [4.78, 5) is 24.9. The normalized spacial score (nSPS) is 12.9. The Kier molecular flexibility index (Phi) is 8.08. The average molecular weight is 491 g/mol. The number of hydrogen-bond acceptors (Lipinski definition) is 6. The molecule has 0 fully saturated rings. The molecular formula is C26H26N4O2S2. The van der Waals surface area contributed by atoms with Gasteiger partial charge in [-0.2, -0.15) is 0 Å². The molecule has 0 aliphatic rings. The van der Waals surface area contributed by atoms with Gasteiger partial charge in [0.25, 0.3) is 0 Å². The minimum atomic E-state index is -0.674. The number of rotatable bonds is 9. The maximum absolute atomic E-state index is 12.4. The van der Waals surface area contributed by atoms with Crippen LogP contribution < -0.4 is 22.1 Å². The van der Waals surface area contributed by atoms with E-state index in [2.05, 4.69) is 10.6 Å². The summed E-state index contributed by atoms with van der Waals surface area (Å²) in [7, 11) is 2.86. The summed E-state index contributed by atoms with van der Waals surface area (Å²) in [5.41, 5.74) is 13.5. The predicted octanol–water partition coefficient (Wildman–Crippen LogP) is 4.61. The van der Waals surface area contributed by atoms with Crippen LogP contribution in [-0.4, -0.2) is 35.4 Å². The van der Waals surface area contributed by atoms with Gasteiger partial charge in [0.05, 0.1) is 12.1 Å². The second-order valence-electron chi connectivity index (χ2n) is 7.88. The van der Waals surface area contributed by atoms with Gasteiger partial charge in [-0.25, -0.2) is 0 Å². The van der Waals surface area contributed by atoms with E-state index in [4.69, 9.17) is 11.5 Å². The molecule has 0 heterocycles. The van der Waals surface area contributed by atoms with Crippen LogP contribution in [0.2, 0.25) is 0 Å². The molecule has 34 heavy (non-hydrogen) atoms. The number of carbonyl (C=O) groups is 2. The standard InChI is InChI=1S/C26H26N4O2S2/c27-23(25(31)29-21-11-9-17-5-1-3-7-19(17)13-21)15-33-34-16-24(28)26(32)30-22-12-10-18-6-2-4-8-20(18)14-22/h1-14,23-24H,15-16,27-28H2,(H,29,31)(H,30,32)/t23-,24-/m1/s1. The molecule has 0 saturated heterocycles. The molecule has 2 atom stereocenters. The topological polar surface area (TPSA) is 110 Å².